The van der Waals surface area contributed by atoms with Crippen LogP contribution in [0.3, 0.4) is 0 Å². The third kappa shape index (κ3) is 3.46. The van der Waals surface area contributed by atoms with E-state index in [4.69, 9.17) is 9.47 Å². The first-order valence-corrected chi connectivity index (χ1v) is 8.28. The molecule has 0 aliphatic carbocycles. The van der Waals surface area contributed by atoms with Crippen LogP contribution in [0.4, 0.5) is 0 Å². The summed E-state index contributed by atoms with van der Waals surface area (Å²) >= 11 is 1.44. The molecule has 2 heterocycles. The Balaban J connectivity index is 1.91. The van der Waals surface area contributed by atoms with Crippen molar-refractivity contribution in [1.29, 1.82) is 0 Å². The van der Waals surface area contributed by atoms with Gasteiger partial charge in [0.25, 0.3) is 5.56 Å². The summed E-state index contributed by atoms with van der Waals surface area (Å²) in [6, 6.07) is 6.75. The largest absolute Gasteiger partial charge is 0.497 e. The van der Waals surface area contributed by atoms with Gasteiger partial charge in [-0.3, -0.25) is 9.59 Å². The Morgan fingerprint density at radius 3 is 2.76 bits per heavy atom. The van der Waals surface area contributed by atoms with E-state index in [0.29, 0.717) is 33.1 Å². The molecule has 128 valence electrons. The van der Waals surface area contributed by atoms with Gasteiger partial charge in [-0.25, -0.2) is 4.98 Å². The molecule has 0 saturated carbocycles. The molecule has 6 nitrogen and oxygen atoms in total. The van der Waals surface area contributed by atoms with Crippen LogP contribution in [0.1, 0.15) is 21.1 Å². The van der Waals surface area contributed by atoms with Gasteiger partial charge in [0, 0.05) is 10.9 Å². The van der Waals surface area contributed by atoms with Gasteiger partial charge in [0.1, 0.15) is 22.2 Å². The van der Waals surface area contributed by atoms with Gasteiger partial charge in [-0.2, -0.15) is 0 Å². The van der Waals surface area contributed by atoms with Crippen LogP contribution in [0.5, 0.6) is 11.5 Å². The van der Waals surface area contributed by atoms with Crippen molar-refractivity contribution in [2.75, 3.05) is 14.2 Å². The second-order valence-electron chi connectivity index (χ2n) is 5.29. The first-order valence-electron chi connectivity index (χ1n) is 7.46. The van der Waals surface area contributed by atoms with Crippen molar-refractivity contribution in [3.05, 3.63) is 57.0 Å². The second-order valence-corrected chi connectivity index (χ2v) is 6.53. The number of hydrogen-bond donors (Lipinski definition) is 1. The Hall–Kier alpha value is -2.93. The SMILES string of the molecule is COc1ccc(C(=O)/C=C/c2nc3sc(C)cc3c(=O)[nH]2)c(OC)c1. The van der Waals surface area contributed by atoms with Gasteiger partial charge in [-0.05, 0) is 37.3 Å². The van der Waals surface area contributed by atoms with Crippen molar-refractivity contribution < 1.29 is 14.3 Å². The highest BCUT2D eigenvalue weighted by Gasteiger charge is 2.11. The van der Waals surface area contributed by atoms with Crippen molar-refractivity contribution in [1.82, 2.24) is 9.97 Å². The summed E-state index contributed by atoms with van der Waals surface area (Å²) in [6.45, 7) is 1.92. The number of aryl methyl sites for hydroxylation is 1. The molecule has 0 unspecified atom stereocenters. The summed E-state index contributed by atoms with van der Waals surface area (Å²) in [6.07, 6.45) is 2.84. The molecular formula is C18H16N2O4S. The van der Waals surface area contributed by atoms with Crippen LogP contribution in [0.15, 0.2) is 35.1 Å². The predicted molar refractivity (Wildman–Crippen MR) is 97.9 cm³/mol. The highest BCUT2D eigenvalue weighted by Crippen LogP contribution is 2.25. The van der Waals surface area contributed by atoms with Gasteiger partial charge in [0.2, 0.25) is 0 Å². The summed E-state index contributed by atoms with van der Waals surface area (Å²) in [5.41, 5.74) is 0.179. The third-order valence-corrected chi connectivity index (χ3v) is 4.55. The van der Waals surface area contributed by atoms with E-state index in [1.807, 2.05) is 6.92 Å². The number of carbonyl (C=O) groups excluding carboxylic acids is 1. The number of ketones is 1. The van der Waals surface area contributed by atoms with Crippen LogP contribution in [-0.2, 0) is 0 Å². The quantitative estimate of drug-likeness (QED) is 0.561. The van der Waals surface area contributed by atoms with E-state index in [1.54, 1.807) is 31.4 Å². The van der Waals surface area contributed by atoms with Crippen LogP contribution in [0, 0.1) is 6.92 Å². The fourth-order valence-corrected chi connectivity index (χ4v) is 3.28. The molecule has 25 heavy (non-hydrogen) atoms. The number of rotatable bonds is 5. The van der Waals surface area contributed by atoms with Gasteiger partial charge >= 0.3 is 0 Å². The van der Waals surface area contributed by atoms with Crippen molar-refractivity contribution >= 4 is 33.4 Å². The second kappa shape index (κ2) is 6.90. The average molecular weight is 356 g/mol. The summed E-state index contributed by atoms with van der Waals surface area (Å²) in [7, 11) is 3.03. The molecule has 0 bridgehead atoms. The van der Waals surface area contributed by atoms with Crippen molar-refractivity contribution in [3.8, 4) is 11.5 Å². The number of nitrogens with zero attached hydrogens (tertiary/aromatic N) is 1. The van der Waals surface area contributed by atoms with E-state index in [0.717, 1.165) is 4.88 Å². The van der Waals surface area contributed by atoms with Gasteiger partial charge in [-0.15, -0.1) is 11.3 Å². The number of ether oxygens (including phenoxy) is 2. The van der Waals surface area contributed by atoms with Crippen LogP contribution < -0.4 is 15.0 Å². The predicted octanol–water partition coefficient (Wildman–Crippen LogP) is 3.21. The molecule has 0 fully saturated rings. The van der Waals surface area contributed by atoms with E-state index in [2.05, 4.69) is 9.97 Å². The zero-order chi connectivity index (χ0) is 18.0. The fraction of sp³-hybridized carbons (Fsp3) is 0.167. The number of aromatic amines is 1. The van der Waals surface area contributed by atoms with Gasteiger partial charge in [-0.1, -0.05) is 0 Å². The molecule has 0 amide bonds. The number of fused-ring (bicyclic) bond motifs is 1. The van der Waals surface area contributed by atoms with E-state index in [9.17, 15) is 9.59 Å². The van der Waals surface area contributed by atoms with Crippen LogP contribution in [0.2, 0.25) is 0 Å². The Bertz CT molecular complexity index is 1030. The molecule has 3 aromatic rings. The fourth-order valence-electron chi connectivity index (χ4n) is 2.39. The maximum atomic E-state index is 12.4. The molecular weight excluding hydrogens is 340 g/mol. The monoisotopic (exact) mass is 356 g/mol. The number of carbonyl (C=O) groups is 1. The van der Waals surface area contributed by atoms with Crippen molar-refractivity contribution in [2.24, 2.45) is 0 Å². The lowest BCUT2D eigenvalue weighted by Crippen LogP contribution is -2.08. The topological polar surface area (TPSA) is 81.3 Å². The van der Waals surface area contributed by atoms with Crippen LogP contribution in [0.25, 0.3) is 16.3 Å². The molecule has 0 atom stereocenters. The summed E-state index contributed by atoms with van der Waals surface area (Å²) in [5, 5.41) is 0.558. The molecule has 0 aliphatic rings. The highest BCUT2D eigenvalue weighted by molar-refractivity contribution is 7.18. The number of hydrogen-bond acceptors (Lipinski definition) is 6. The third-order valence-electron chi connectivity index (χ3n) is 3.61. The Labute approximate surface area is 147 Å². The minimum Gasteiger partial charge on any atom is -0.497 e. The maximum absolute atomic E-state index is 12.4. The number of nitrogens with one attached hydrogen (secondary N) is 1. The zero-order valence-corrected chi connectivity index (χ0v) is 14.8. The van der Waals surface area contributed by atoms with Crippen LogP contribution >= 0.6 is 11.3 Å². The summed E-state index contributed by atoms with van der Waals surface area (Å²) in [4.78, 5) is 33.2. The summed E-state index contributed by atoms with van der Waals surface area (Å²) in [5.74, 6) is 1.09. The van der Waals surface area contributed by atoms with Gasteiger partial charge in [0.05, 0.1) is 25.2 Å². The number of aromatic nitrogens is 2. The highest BCUT2D eigenvalue weighted by atomic mass is 32.1. The van der Waals surface area contributed by atoms with E-state index < -0.39 is 0 Å². The number of thiophene rings is 1. The Morgan fingerprint density at radius 1 is 1.24 bits per heavy atom. The molecule has 3 rings (SSSR count). The van der Waals surface area contributed by atoms with Gasteiger partial charge < -0.3 is 14.5 Å². The lowest BCUT2D eigenvalue weighted by molar-refractivity contribution is 0.104. The standard InChI is InChI=1S/C18H16N2O4S/c1-10-8-13-17(22)19-16(20-18(13)25-10)7-6-14(21)12-5-4-11(23-2)9-15(12)24-3/h4-9H,1-3H3,(H,19,20,22)/b7-6+. The molecule has 1 N–H and O–H groups in total. The minimum absolute atomic E-state index is 0.219. The lowest BCUT2D eigenvalue weighted by atomic mass is 10.1. The summed E-state index contributed by atoms with van der Waals surface area (Å²) < 4.78 is 10.4. The van der Waals surface area contributed by atoms with E-state index >= 15 is 0 Å². The Morgan fingerprint density at radius 2 is 2.04 bits per heavy atom. The first kappa shape index (κ1) is 16.9. The molecule has 0 spiro atoms. The van der Waals surface area contributed by atoms with Crippen molar-refractivity contribution in [3.63, 3.8) is 0 Å². The molecule has 7 heteroatoms. The minimum atomic E-state index is -0.260. The lowest BCUT2D eigenvalue weighted by Gasteiger charge is -2.07. The van der Waals surface area contributed by atoms with Crippen molar-refractivity contribution in [2.45, 2.75) is 6.92 Å². The average Bonchev–Trinajstić information content (AvgIpc) is 3.00. The van der Waals surface area contributed by atoms with Crippen LogP contribution in [-0.4, -0.2) is 30.0 Å². The molecule has 2 aromatic heterocycles. The number of methoxy groups -OCH3 is 2. The number of benzene rings is 1. The number of allylic oxidation sites excluding steroid dienone is 1. The van der Waals surface area contributed by atoms with E-state index in [-0.39, 0.29) is 11.3 Å². The van der Waals surface area contributed by atoms with Gasteiger partial charge in [0.15, 0.2) is 5.78 Å². The number of H-pyrrole nitrogens is 1. The zero-order valence-electron chi connectivity index (χ0n) is 14.0. The smallest absolute Gasteiger partial charge is 0.259 e. The Kier molecular flexibility index (Phi) is 4.67. The molecule has 0 saturated heterocycles. The maximum Gasteiger partial charge on any atom is 0.259 e. The molecule has 1 aromatic carbocycles. The van der Waals surface area contributed by atoms with E-state index in [1.165, 1.54) is 30.6 Å². The first-order chi connectivity index (χ1) is 12.0. The molecule has 0 radical (unpaired) electrons. The molecule has 0 aliphatic heterocycles. The normalized spacial score (nSPS) is 11.2.